The van der Waals surface area contributed by atoms with Crippen LogP contribution in [0.2, 0.25) is 0 Å². The van der Waals surface area contributed by atoms with E-state index in [2.05, 4.69) is 15.4 Å². The first-order chi connectivity index (χ1) is 19.3. The quantitative estimate of drug-likeness (QED) is 0.348. The molecular formula is C30H38F3N3O4. The number of alkyl halides is 3. The van der Waals surface area contributed by atoms with E-state index < -0.39 is 18.3 Å². The third kappa shape index (κ3) is 9.43. The van der Waals surface area contributed by atoms with Gasteiger partial charge >= 0.3 is 6.36 Å². The van der Waals surface area contributed by atoms with E-state index >= 15 is 0 Å². The lowest BCUT2D eigenvalue weighted by atomic mass is 9.91. The first kappa shape index (κ1) is 29.7. The van der Waals surface area contributed by atoms with Crippen molar-refractivity contribution in [2.24, 2.45) is 11.8 Å². The van der Waals surface area contributed by atoms with E-state index in [-0.39, 0.29) is 24.0 Å². The molecule has 2 amide bonds. The Kier molecular flexibility index (Phi) is 10.7. The Morgan fingerprint density at radius 1 is 1.00 bits per heavy atom. The van der Waals surface area contributed by atoms with E-state index in [0.717, 1.165) is 12.0 Å². The normalized spacial score (nSPS) is 17.7. The van der Waals surface area contributed by atoms with Crippen molar-refractivity contribution in [1.29, 1.82) is 0 Å². The maximum atomic E-state index is 13.7. The number of carbonyl (C=O) groups is 2. The summed E-state index contributed by atoms with van der Waals surface area (Å²) in [6.45, 7) is 2.41. The van der Waals surface area contributed by atoms with E-state index in [1.807, 2.05) is 30.3 Å². The first-order valence-corrected chi connectivity index (χ1v) is 14.1. The highest BCUT2D eigenvalue weighted by Crippen LogP contribution is 2.31. The average molecular weight is 562 g/mol. The standard InChI is InChI=1S/C30H38F3N3O4/c31-30(32,33)40-26-14-12-25(13-15-26)34-21-27(23-8-2-1-3-9-23)35-29(38)24(11-10-22-6-4-5-7-22)20-28(37)36-16-18-39-19-17-36/h1-3,8-9,12-15,22,24,27,34H,4-7,10-11,16-21H2,(H,35,38). The van der Waals surface area contributed by atoms with E-state index in [4.69, 9.17) is 4.74 Å². The van der Waals surface area contributed by atoms with Crippen LogP contribution in [0.15, 0.2) is 54.6 Å². The van der Waals surface area contributed by atoms with Gasteiger partial charge < -0.3 is 25.0 Å². The second kappa shape index (κ2) is 14.4. The average Bonchev–Trinajstić information content (AvgIpc) is 3.48. The number of rotatable bonds is 12. The van der Waals surface area contributed by atoms with Crippen molar-refractivity contribution in [2.45, 2.75) is 57.3 Å². The molecule has 0 bridgehead atoms. The predicted molar refractivity (Wildman–Crippen MR) is 146 cm³/mol. The Balaban J connectivity index is 1.43. The zero-order chi connectivity index (χ0) is 28.4. The highest BCUT2D eigenvalue weighted by molar-refractivity contribution is 5.86. The van der Waals surface area contributed by atoms with Gasteiger partial charge in [-0.05, 0) is 48.6 Å². The molecule has 1 saturated carbocycles. The number of nitrogens with one attached hydrogen (secondary N) is 2. The fourth-order valence-electron chi connectivity index (χ4n) is 5.44. The number of morpholine rings is 1. The van der Waals surface area contributed by atoms with Crippen molar-refractivity contribution in [3.8, 4) is 5.75 Å². The third-order valence-corrected chi connectivity index (χ3v) is 7.67. The van der Waals surface area contributed by atoms with Gasteiger partial charge in [-0.1, -0.05) is 56.0 Å². The van der Waals surface area contributed by atoms with Gasteiger partial charge in [-0.25, -0.2) is 0 Å². The number of amides is 2. The molecule has 2 atom stereocenters. The molecule has 2 fully saturated rings. The summed E-state index contributed by atoms with van der Waals surface area (Å²) >= 11 is 0. The van der Waals surface area contributed by atoms with Crippen LogP contribution in [0.25, 0.3) is 0 Å². The number of nitrogens with zero attached hydrogens (tertiary/aromatic N) is 1. The van der Waals surface area contributed by atoms with E-state index in [1.165, 1.54) is 49.9 Å². The first-order valence-electron chi connectivity index (χ1n) is 14.1. The second-order valence-electron chi connectivity index (χ2n) is 10.5. The van der Waals surface area contributed by atoms with Crippen LogP contribution in [0, 0.1) is 11.8 Å². The smallest absolute Gasteiger partial charge is 0.406 e. The molecule has 1 aliphatic heterocycles. The molecule has 2 aromatic rings. The monoisotopic (exact) mass is 561 g/mol. The largest absolute Gasteiger partial charge is 0.573 e. The Labute approximate surface area is 233 Å². The van der Waals surface area contributed by atoms with Gasteiger partial charge in [0.1, 0.15) is 5.75 Å². The van der Waals surface area contributed by atoms with Gasteiger partial charge in [0, 0.05) is 37.7 Å². The zero-order valence-corrected chi connectivity index (χ0v) is 22.6. The zero-order valence-electron chi connectivity index (χ0n) is 22.6. The van der Waals surface area contributed by atoms with Crippen molar-refractivity contribution in [1.82, 2.24) is 10.2 Å². The van der Waals surface area contributed by atoms with Crippen LogP contribution in [0.1, 0.15) is 56.6 Å². The highest BCUT2D eigenvalue weighted by Gasteiger charge is 2.31. The molecule has 7 nitrogen and oxygen atoms in total. The molecule has 1 saturated heterocycles. The number of halogens is 3. The van der Waals surface area contributed by atoms with E-state index in [0.29, 0.717) is 50.9 Å². The molecule has 0 aromatic heterocycles. The second-order valence-corrected chi connectivity index (χ2v) is 10.5. The van der Waals surface area contributed by atoms with Crippen LogP contribution < -0.4 is 15.4 Å². The number of ether oxygens (including phenoxy) is 2. The summed E-state index contributed by atoms with van der Waals surface area (Å²) < 4.78 is 46.8. The van der Waals surface area contributed by atoms with Crippen LogP contribution in [0.5, 0.6) is 5.75 Å². The van der Waals surface area contributed by atoms with Crippen molar-refractivity contribution in [3.05, 3.63) is 60.2 Å². The Bertz CT molecular complexity index is 1070. The van der Waals surface area contributed by atoms with Crippen LogP contribution in [-0.2, 0) is 14.3 Å². The van der Waals surface area contributed by atoms with Gasteiger partial charge in [-0.3, -0.25) is 9.59 Å². The molecular weight excluding hydrogens is 523 g/mol. The van der Waals surface area contributed by atoms with Crippen molar-refractivity contribution in [2.75, 3.05) is 38.2 Å². The lowest BCUT2D eigenvalue weighted by molar-refractivity contribution is -0.274. The molecule has 2 aromatic carbocycles. The summed E-state index contributed by atoms with van der Waals surface area (Å²) in [7, 11) is 0. The summed E-state index contributed by atoms with van der Waals surface area (Å²) in [5.41, 5.74) is 1.47. The van der Waals surface area contributed by atoms with Gasteiger partial charge in [0.05, 0.1) is 19.3 Å². The number of benzene rings is 2. The fraction of sp³-hybridized carbons (Fsp3) is 0.533. The number of carbonyl (C=O) groups excluding carboxylic acids is 2. The van der Waals surface area contributed by atoms with E-state index in [9.17, 15) is 22.8 Å². The number of hydrogen-bond acceptors (Lipinski definition) is 5. The molecule has 4 rings (SSSR count). The maximum Gasteiger partial charge on any atom is 0.573 e. The molecule has 0 spiro atoms. The van der Waals surface area contributed by atoms with Crippen LogP contribution in [-0.4, -0.2) is 55.9 Å². The lowest BCUT2D eigenvalue weighted by Crippen LogP contribution is -2.43. The van der Waals surface area contributed by atoms with E-state index in [1.54, 1.807) is 4.90 Å². The van der Waals surface area contributed by atoms with Crippen molar-refractivity contribution < 1.29 is 32.2 Å². The summed E-state index contributed by atoms with van der Waals surface area (Å²) in [5, 5.41) is 6.37. The summed E-state index contributed by atoms with van der Waals surface area (Å²) in [4.78, 5) is 28.5. The van der Waals surface area contributed by atoms with Gasteiger partial charge in [0.15, 0.2) is 0 Å². The Hall–Kier alpha value is -3.27. The third-order valence-electron chi connectivity index (χ3n) is 7.67. The fourth-order valence-corrected chi connectivity index (χ4v) is 5.44. The highest BCUT2D eigenvalue weighted by atomic mass is 19.4. The summed E-state index contributed by atoms with van der Waals surface area (Å²) in [6.07, 6.45) is 1.78. The minimum Gasteiger partial charge on any atom is -0.406 e. The summed E-state index contributed by atoms with van der Waals surface area (Å²) in [6, 6.07) is 14.6. The van der Waals surface area contributed by atoms with Gasteiger partial charge in [-0.15, -0.1) is 13.2 Å². The molecule has 40 heavy (non-hydrogen) atoms. The van der Waals surface area contributed by atoms with Gasteiger partial charge in [-0.2, -0.15) is 0 Å². The van der Waals surface area contributed by atoms with Gasteiger partial charge in [0.25, 0.3) is 0 Å². The maximum absolute atomic E-state index is 13.7. The van der Waals surface area contributed by atoms with Gasteiger partial charge in [0.2, 0.25) is 11.8 Å². The Morgan fingerprint density at radius 2 is 1.68 bits per heavy atom. The molecule has 2 N–H and O–H groups in total. The van der Waals surface area contributed by atoms with Crippen LogP contribution in [0.4, 0.5) is 18.9 Å². The number of anilines is 1. The topological polar surface area (TPSA) is 79.9 Å². The minimum atomic E-state index is -4.75. The van der Waals surface area contributed by atoms with Crippen LogP contribution in [0.3, 0.4) is 0 Å². The van der Waals surface area contributed by atoms with Crippen molar-refractivity contribution in [3.63, 3.8) is 0 Å². The number of hydrogen-bond donors (Lipinski definition) is 2. The lowest BCUT2D eigenvalue weighted by Gasteiger charge is -2.29. The molecule has 1 heterocycles. The molecule has 0 radical (unpaired) electrons. The predicted octanol–water partition coefficient (Wildman–Crippen LogP) is 5.69. The molecule has 1 aliphatic carbocycles. The minimum absolute atomic E-state index is 0.0228. The van der Waals surface area contributed by atoms with Crippen molar-refractivity contribution >= 4 is 17.5 Å². The molecule has 2 unspecified atom stereocenters. The molecule has 10 heteroatoms. The summed E-state index contributed by atoms with van der Waals surface area (Å²) in [5.74, 6) is -0.332. The molecule has 2 aliphatic rings. The SMILES string of the molecule is O=C(NC(CNc1ccc(OC(F)(F)F)cc1)c1ccccc1)C(CCC1CCCC1)CC(=O)N1CCOCC1. The molecule has 218 valence electrons. The van der Waals surface area contributed by atoms with Crippen LogP contribution >= 0.6 is 0 Å². The Morgan fingerprint density at radius 3 is 2.33 bits per heavy atom.